The topological polar surface area (TPSA) is 67.9 Å². The third-order valence-corrected chi connectivity index (χ3v) is 6.47. The molecule has 30 heavy (non-hydrogen) atoms. The summed E-state index contributed by atoms with van der Waals surface area (Å²) >= 11 is 0. The van der Waals surface area contributed by atoms with E-state index in [1.807, 2.05) is 4.90 Å². The lowest BCUT2D eigenvalue weighted by Gasteiger charge is -2.31. The van der Waals surface area contributed by atoms with Gasteiger partial charge in [-0.3, -0.25) is 4.72 Å². The van der Waals surface area contributed by atoms with Crippen LogP contribution in [0.2, 0.25) is 0 Å². The molecule has 0 aliphatic carbocycles. The first-order valence-electron chi connectivity index (χ1n) is 9.56. The van der Waals surface area contributed by atoms with E-state index in [2.05, 4.69) is 4.72 Å². The Morgan fingerprint density at radius 1 is 1.00 bits per heavy atom. The number of rotatable bonds is 4. The number of nitrogens with zero attached hydrogens (tertiary/aromatic N) is 1. The summed E-state index contributed by atoms with van der Waals surface area (Å²) in [4.78, 5) is 1.79. The van der Waals surface area contributed by atoms with Crippen molar-refractivity contribution in [3.8, 4) is 5.75 Å². The molecule has 0 spiro atoms. The predicted octanol–water partition coefficient (Wildman–Crippen LogP) is 3.67. The van der Waals surface area contributed by atoms with E-state index in [1.165, 1.54) is 18.2 Å². The Hall–Kier alpha value is -2.46. The quantitative estimate of drug-likeness (QED) is 0.783. The van der Waals surface area contributed by atoms with Gasteiger partial charge >= 0.3 is 6.18 Å². The van der Waals surface area contributed by atoms with E-state index in [0.29, 0.717) is 50.8 Å². The van der Waals surface area contributed by atoms with Crippen LogP contribution in [0.4, 0.5) is 24.5 Å². The second-order valence-electron chi connectivity index (χ2n) is 7.16. The zero-order chi connectivity index (χ0) is 21.4. The summed E-state index contributed by atoms with van der Waals surface area (Å²) in [6.45, 7) is 2.31. The van der Waals surface area contributed by atoms with Crippen LogP contribution in [-0.2, 0) is 27.4 Å². The van der Waals surface area contributed by atoms with E-state index in [0.717, 1.165) is 24.1 Å². The third kappa shape index (κ3) is 4.34. The van der Waals surface area contributed by atoms with Crippen LogP contribution < -0.4 is 14.4 Å². The van der Waals surface area contributed by atoms with E-state index < -0.39 is 21.8 Å². The molecule has 2 heterocycles. The van der Waals surface area contributed by atoms with E-state index >= 15 is 0 Å². The van der Waals surface area contributed by atoms with Gasteiger partial charge in [-0.2, -0.15) is 13.2 Å². The monoisotopic (exact) mass is 442 g/mol. The molecular formula is C20H21F3N2O4S. The van der Waals surface area contributed by atoms with Crippen molar-refractivity contribution in [1.82, 2.24) is 0 Å². The maximum absolute atomic E-state index is 13.3. The Balaban J connectivity index is 1.71. The first kappa shape index (κ1) is 20.8. The van der Waals surface area contributed by atoms with Gasteiger partial charge in [0.1, 0.15) is 5.75 Å². The van der Waals surface area contributed by atoms with Crippen LogP contribution in [0.3, 0.4) is 0 Å². The standard InChI is InChI=1S/C20H21F3N2O4S/c21-20(22,23)15-3-5-18(25-7-10-28-11-8-25)17(13-15)24-30(26,27)16-4-6-19-14(12-16)2-1-9-29-19/h3-6,12-13,24H,1-2,7-11H2. The minimum atomic E-state index is -4.59. The maximum Gasteiger partial charge on any atom is 0.416 e. The summed E-state index contributed by atoms with van der Waals surface area (Å²) in [5, 5.41) is 0. The van der Waals surface area contributed by atoms with Crippen LogP contribution in [0.15, 0.2) is 41.3 Å². The number of hydrogen-bond acceptors (Lipinski definition) is 5. The largest absolute Gasteiger partial charge is 0.493 e. The summed E-state index contributed by atoms with van der Waals surface area (Å²) in [5.41, 5.74) is 0.120. The second-order valence-corrected chi connectivity index (χ2v) is 8.84. The molecule has 0 saturated carbocycles. The Kier molecular flexibility index (Phi) is 5.54. The average Bonchev–Trinajstić information content (AvgIpc) is 2.73. The molecule has 2 aromatic carbocycles. The van der Waals surface area contributed by atoms with Crippen LogP contribution >= 0.6 is 0 Å². The smallest absolute Gasteiger partial charge is 0.416 e. The van der Waals surface area contributed by atoms with E-state index in [1.54, 1.807) is 6.07 Å². The van der Waals surface area contributed by atoms with Gasteiger partial charge in [0.25, 0.3) is 10.0 Å². The fourth-order valence-corrected chi connectivity index (χ4v) is 4.70. The van der Waals surface area contributed by atoms with Gasteiger partial charge in [0, 0.05) is 13.1 Å². The van der Waals surface area contributed by atoms with Gasteiger partial charge in [-0.15, -0.1) is 0 Å². The van der Waals surface area contributed by atoms with E-state index in [-0.39, 0.29) is 10.6 Å². The molecule has 2 aromatic rings. The van der Waals surface area contributed by atoms with Gasteiger partial charge in [-0.05, 0) is 54.8 Å². The molecule has 162 valence electrons. The molecule has 0 unspecified atom stereocenters. The summed E-state index contributed by atoms with van der Waals surface area (Å²) in [7, 11) is -4.10. The van der Waals surface area contributed by atoms with Crippen molar-refractivity contribution in [2.45, 2.75) is 23.9 Å². The number of anilines is 2. The predicted molar refractivity (Wildman–Crippen MR) is 106 cm³/mol. The highest BCUT2D eigenvalue weighted by molar-refractivity contribution is 7.92. The van der Waals surface area contributed by atoms with Crippen molar-refractivity contribution in [3.63, 3.8) is 0 Å². The average molecular weight is 442 g/mol. The van der Waals surface area contributed by atoms with E-state index in [4.69, 9.17) is 9.47 Å². The van der Waals surface area contributed by atoms with Gasteiger partial charge in [-0.25, -0.2) is 8.42 Å². The summed E-state index contributed by atoms with van der Waals surface area (Å²) in [6.07, 6.45) is -3.13. The minimum Gasteiger partial charge on any atom is -0.493 e. The van der Waals surface area contributed by atoms with Crippen molar-refractivity contribution in [1.29, 1.82) is 0 Å². The molecule has 1 N–H and O–H groups in total. The van der Waals surface area contributed by atoms with Gasteiger partial charge in [-0.1, -0.05) is 0 Å². The molecule has 10 heteroatoms. The highest BCUT2D eigenvalue weighted by atomic mass is 32.2. The second kappa shape index (κ2) is 7.99. The lowest BCUT2D eigenvalue weighted by Crippen LogP contribution is -2.36. The molecule has 0 radical (unpaired) electrons. The van der Waals surface area contributed by atoms with E-state index in [9.17, 15) is 21.6 Å². The molecule has 2 aliphatic heterocycles. The highest BCUT2D eigenvalue weighted by Gasteiger charge is 2.32. The zero-order valence-electron chi connectivity index (χ0n) is 16.0. The first-order chi connectivity index (χ1) is 14.2. The van der Waals surface area contributed by atoms with Gasteiger partial charge < -0.3 is 14.4 Å². The van der Waals surface area contributed by atoms with Crippen LogP contribution in [0.25, 0.3) is 0 Å². The van der Waals surface area contributed by atoms with Crippen molar-refractivity contribution in [2.75, 3.05) is 42.5 Å². The molecule has 2 aliphatic rings. The number of fused-ring (bicyclic) bond motifs is 1. The van der Waals surface area contributed by atoms with Crippen LogP contribution in [-0.4, -0.2) is 41.3 Å². The van der Waals surface area contributed by atoms with Gasteiger partial charge in [0.2, 0.25) is 0 Å². The molecular weight excluding hydrogens is 421 g/mol. The minimum absolute atomic E-state index is 0.0166. The van der Waals surface area contributed by atoms with Crippen LogP contribution in [0, 0.1) is 0 Å². The van der Waals surface area contributed by atoms with Gasteiger partial charge in [0.15, 0.2) is 0 Å². The van der Waals surface area contributed by atoms with Crippen LogP contribution in [0.5, 0.6) is 5.75 Å². The number of alkyl halides is 3. The first-order valence-corrected chi connectivity index (χ1v) is 11.0. The molecule has 0 atom stereocenters. The molecule has 0 bridgehead atoms. The Bertz CT molecular complexity index is 1030. The molecule has 0 aromatic heterocycles. The Morgan fingerprint density at radius 2 is 1.77 bits per heavy atom. The normalized spacial score (nSPS) is 17.2. The summed E-state index contributed by atoms with van der Waals surface area (Å²) in [6, 6.07) is 7.58. The number of benzene rings is 2. The number of hydrogen-bond donors (Lipinski definition) is 1. The van der Waals surface area contributed by atoms with Crippen LogP contribution in [0.1, 0.15) is 17.5 Å². The Labute approximate surface area is 172 Å². The Morgan fingerprint density at radius 3 is 2.50 bits per heavy atom. The van der Waals surface area contributed by atoms with Gasteiger partial charge in [0.05, 0.1) is 41.7 Å². The number of morpholine rings is 1. The third-order valence-electron chi connectivity index (χ3n) is 5.11. The van der Waals surface area contributed by atoms with Crippen molar-refractivity contribution < 1.29 is 31.1 Å². The van der Waals surface area contributed by atoms with Crippen molar-refractivity contribution in [2.24, 2.45) is 0 Å². The lowest BCUT2D eigenvalue weighted by molar-refractivity contribution is -0.137. The fourth-order valence-electron chi connectivity index (χ4n) is 3.58. The molecule has 6 nitrogen and oxygen atoms in total. The molecule has 1 fully saturated rings. The lowest BCUT2D eigenvalue weighted by atomic mass is 10.1. The molecule has 0 amide bonds. The van der Waals surface area contributed by atoms with Crippen molar-refractivity contribution in [3.05, 3.63) is 47.5 Å². The molecule has 4 rings (SSSR count). The fraction of sp³-hybridized carbons (Fsp3) is 0.400. The number of nitrogens with one attached hydrogen (secondary N) is 1. The van der Waals surface area contributed by atoms with Crippen molar-refractivity contribution >= 4 is 21.4 Å². The number of aryl methyl sites for hydroxylation is 1. The SMILES string of the molecule is O=S(=O)(Nc1cc(C(F)(F)F)ccc1N1CCOCC1)c1ccc2c(c1)CCCO2. The zero-order valence-corrected chi connectivity index (χ0v) is 16.9. The number of sulfonamides is 1. The molecule has 1 saturated heterocycles. The number of ether oxygens (including phenoxy) is 2. The number of halogens is 3. The summed E-state index contributed by atoms with van der Waals surface area (Å²) < 4.78 is 79.0. The highest BCUT2D eigenvalue weighted by Crippen LogP contribution is 2.37. The maximum atomic E-state index is 13.3. The summed E-state index contributed by atoms with van der Waals surface area (Å²) in [5.74, 6) is 0.633.